The van der Waals surface area contributed by atoms with E-state index in [1.54, 1.807) is 24.3 Å². The van der Waals surface area contributed by atoms with E-state index in [4.69, 9.17) is 5.73 Å². The zero-order chi connectivity index (χ0) is 14.9. The molecule has 5 heteroatoms. The molecular weight excluding hydrogens is 284 g/mol. The number of anilines is 1. The van der Waals surface area contributed by atoms with Crippen molar-refractivity contribution in [1.82, 2.24) is 4.72 Å². The van der Waals surface area contributed by atoms with E-state index in [0.29, 0.717) is 11.6 Å². The van der Waals surface area contributed by atoms with Crippen LogP contribution in [-0.2, 0) is 15.8 Å². The van der Waals surface area contributed by atoms with Gasteiger partial charge in [-0.05, 0) is 29.7 Å². The monoisotopic (exact) mass is 302 g/mol. The topological polar surface area (TPSA) is 72.2 Å². The summed E-state index contributed by atoms with van der Waals surface area (Å²) < 4.78 is 27.1. The van der Waals surface area contributed by atoms with Gasteiger partial charge >= 0.3 is 0 Å². The first-order valence-electron chi connectivity index (χ1n) is 6.93. The SMILES string of the molecule is Nc1ccc(CS(=O)(=O)NC2CC2c2ccccc2)cc1. The van der Waals surface area contributed by atoms with E-state index in [9.17, 15) is 8.42 Å². The second-order valence-electron chi connectivity index (χ2n) is 5.48. The van der Waals surface area contributed by atoms with E-state index in [2.05, 4.69) is 4.72 Å². The van der Waals surface area contributed by atoms with Crippen LogP contribution >= 0.6 is 0 Å². The first-order chi connectivity index (χ1) is 10.0. The van der Waals surface area contributed by atoms with Crippen LogP contribution in [0.15, 0.2) is 54.6 Å². The van der Waals surface area contributed by atoms with Crippen LogP contribution in [0, 0.1) is 0 Å². The molecule has 0 aromatic heterocycles. The molecule has 0 radical (unpaired) electrons. The van der Waals surface area contributed by atoms with Crippen LogP contribution in [0.2, 0.25) is 0 Å². The molecule has 3 N–H and O–H groups in total. The van der Waals surface area contributed by atoms with Gasteiger partial charge in [-0.2, -0.15) is 0 Å². The number of benzene rings is 2. The molecule has 2 aromatic carbocycles. The molecule has 0 bridgehead atoms. The molecule has 110 valence electrons. The molecule has 0 heterocycles. The normalized spacial score (nSPS) is 21.1. The molecule has 1 fully saturated rings. The Bertz CT molecular complexity index is 712. The van der Waals surface area contributed by atoms with Gasteiger partial charge in [-0.25, -0.2) is 13.1 Å². The third-order valence-corrected chi connectivity index (χ3v) is 5.06. The summed E-state index contributed by atoms with van der Waals surface area (Å²) in [5.41, 5.74) is 8.17. The predicted molar refractivity (Wildman–Crippen MR) is 84.2 cm³/mol. The summed E-state index contributed by atoms with van der Waals surface area (Å²) in [5.74, 6) is 0.290. The summed E-state index contributed by atoms with van der Waals surface area (Å²) in [6, 6.07) is 17.0. The van der Waals surface area contributed by atoms with E-state index >= 15 is 0 Å². The third kappa shape index (κ3) is 3.62. The Labute approximate surface area is 125 Å². The molecule has 1 aliphatic rings. The number of hydrogen-bond donors (Lipinski definition) is 2. The minimum Gasteiger partial charge on any atom is -0.399 e. The average Bonchev–Trinajstić information content (AvgIpc) is 3.20. The van der Waals surface area contributed by atoms with Gasteiger partial charge in [0.2, 0.25) is 10.0 Å². The van der Waals surface area contributed by atoms with Crippen LogP contribution in [0.3, 0.4) is 0 Å². The zero-order valence-corrected chi connectivity index (χ0v) is 12.4. The van der Waals surface area contributed by atoms with Gasteiger partial charge in [-0.3, -0.25) is 0 Å². The Morgan fingerprint density at radius 1 is 1.05 bits per heavy atom. The van der Waals surface area contributed by atoms with E-state index in [1.165, 1.54) is 5.56 Å². The van der Waals surface area contributed by atoms with Gasteiger partial charge in [0, 0.05) is 17.6 Å². The molecule has 21 heavy (non-hydrogen) atoms. The van der Waals surface area contributed by atoms with Crippen molar-refractivity contribution in [3.05, 3.63) is 65.7 Å². The molecule has 3 rings (SSSR count). The number of sulfonamides is 1. The highest BCUT2D eigenvalue weighted by molar-refractivity contribution is 7.88. The molecule has 0 aliphatic heterocycles. The van der Waals surface area contributed by atoms with Crippen molar-refractivity contribution in [3.8, 4) is 0 Å². The van der Waals surface area contributed by atoms with Gasteiger partial charge < -0.3 is 5.73 Å². The first-order valence-corrected chi connectivity index (χ1v) is 8.58. The lowest BCUT2D eigenvalue weighted by Crippen LogP contribution is -2.28. The second-order valence-corrected chi connectivity index (χ2v) is 7.23. The first kappa shape index (κ1) is 14.1. The third-order valence-electron chi connectivity index (χ3n) is 3.69. The second kappa shape index (κ2) is 5.50. The largest absolute Gasteiger partial charge is 0.399 e. The lowest BCUT2D eigenvalue weighted by atomic mass is 10.1. The van der Waals surface area contributed by atoms with E-state index in [0.717, 1.165) is 12.0 Å². The van der Waals surface area contributed by atoms with Crippen LogP contribution in [0.5, 0.6) is 0 Å². The van der Waals surface area contributed by atoms with E-state index < -0.39 is 10.0 Å². The van der Waals surface area contributed by atoms with Gasteiger partial charge in [0.05, 0.1) is 5.75 Å². The van der Waals surface area contributed by atoms with Gasteiger partial charge in [0.25, 0.3) is 0 Å². The molecular formula is C16H18N2O2S. The summed E-state index contributed by atoms with van der Waals surface area (Å²) in [6.07, 6.45) is 0.866. The lowest BCUT2D eigenvalue weighted by molar-refractivity contribution is 0.579. The molecule has 0 spiro atoms. The van der Waals surface area contributed by atoms with Crippen molar-refractivity contribution in [3.63, 3.8) is 0 Å². The summed E-state index contributed by atoms with van der Waals surface area (Å²) >= 11 is 0. The van der Waals surface area contributed by atoms with Gasteiger partial charge in [0.15, 0.2) is 0 Å². The summed E-state index contributed by atoms with van der Waals surface area (Å²) in [5, 5.41) is 0. The Hall–Kier alpha value is -1.85. The van der Waals surface area contributed by atoms with Crippen molar-refractivity contribution < 1.29 is 8.42 Å². The number of rotatable bonds is 5. The molecule has 2 aromatic rings. The fourth-order valence-electron chi connectivity index (χ4n) is 2.50. The fourth-order valence-corrected chi connectivity index (χ4v) is 3.94. The molecule has 2 unspecified atom stereocenters. The maximum Gasteiger partial charge on any atom is 0.216 e. The van der Waals surface area contributed by atoms with Crippen LogP contribution in [0.25, 0.3) is 0 Å². The Morgan fingerprint density at radius 2 is 1.71 bits per heavy atom. The molecule has 1 saturated carbocycles. The van der Waals surface area contributed by atoms with Crippen LogP contribution in [0.1, 0.15) is 23.5 Å². The van der Waals surface area contributed by atoms with Gasteiger partial charge in [-0.15, -0.1) is 0 Å². The van der Waals surface area contributed by atoms with E-state index in [-0.39, 0.29) is 11.8 Å². The number of nitrogen functional groups attached to an aromatic ring is 1. The van der Waals surface area contributed by atoms with Gasteiger partial charge in [-0.1, -0.05) is 42.5 Å². The van der Waals surface area contributed by atoms with Crippen molar-refractivity contribution in [1.29, 1.82) is 0 Å². The van der Waals surface area contributed by atoms with Gasteiger partial charge in [0.1, 0.15) is 0 Å². The van der Waals surface area contributed by atoms with Crippen LogP contribution < -0.4 is 10.5 Å². The summed E-state index contributed by atoms with van der Waals surface area (Å²) in [4.78, 5) is 0. The minimum absolute atomic E-state index is 0.00864. The van der Waals surface area contributed by atoms with Crippen LogP contribution in [-0.4, -0.2) is 14.5 Å². The fraction of sp³-hybridized carbons (Fsp3) is 0.250. The highest BCUT2D eigenvalue weighted by Gasteiger charge is 2.40. The molecule has 0 amide bonds. The summed E-state index contributed by atoms with van der Waals surface area (Å²) in [6.45, 7) is 0. The molecule has 0 saturated heterocycles. The smallest absolute Gasteiger partial charge is 0.216 e. The van der Waals surface area contributed by atoms with Crippen molar-refractivity contribution in [2.24, 2.45) is 0 Å². The average molecular weight is 302 g/mol. The number of hydrogen-bond acceptors (Lipinski definition) is 3. The Balaban J connectivity index is 1.61. The van der Waals surface area contributed by atoms with Crippen LogP contribution in [0.4, 0.5) is 5.69 Å². The highest BCUT2D eigenvalue weighted by atomic mass is 32.2. The molecule has 2 atom stereocenters. The summed E-state index contributed by atoms with van der Waals surface area (Å²) in [7, 11) is -3.32. The molecule has 1 aliphatic carbocycles. The Morgan fingerprint density at radius 3 is 2.38 bits per heavy atom. The maximum absolute atomic E-state index is 12.2. The van der Waals surface area contributed by atoms with E-state index in [1.807, 2.05) is 30.3 Å². The van der Waals surface area contributed by atoms with Crippen molar-refractivity contribution >= 4 is 15.7 Å². The number of nitrogens with one attached hydrogen (secondary N) is 1. The minimum atomic E-state index is -3.32. The Kier molecular flexibility index (Phi) is 3.69. The zero-order valence-electron chi connectivity index (χ0n) is 11.6. The highest BCUT2D eigenvalue weighted by Crippen LogP contribution is 2.41. The lowest BCUT2D eigenvalue weighted by Gasteiger charge is -2.07. The van der Waals surface area contributed by atoms with Crippen molar-refractivity contribution in [2.45, 2.75) is 24.1 Å². The number of nitrogens with two attached hydrogens (primary N) is 1. The standard InChI is InChI=1S/C16H18N2O2S/c17-14-8-6-12(7-9-14)11-21(19,20)18-16-10-15(16)13-4-2-1-3-5-13/h1-9,15-16,18H,10-11,17H2. The quantitative estimate of drug-likeness (QED) is 0.832. The van der Waals surface area contributed by atoms with Crippen molar-refractivity contribution in [2.75, 3.05) is 5.73 Å². The predicted octanol–water partition coefficient (Wildman–Crippen LogP) is 2.24. The maximum atomic E-state index is 12.2. The molecule has 4 nitrogen and oxygen atoms in total.